The molecule has 1 fully saturated rings. The quantitative estimate of drug-likeness (QED) is 0.606. The summed E-state index contributed by atoms with van der Waals surface area (Å²) >= 11 is 0. The molecule has 1 amide bonds. The van der Waals surface area contributed by atoms with Crippen LogP contribution in [0.2, 0.25) is 0 Å². The molecule has 11 heteroatoms. The van der Waals surface area contributed by atoms with Gasteiger partial charge in [-0.15, -0.1) is 0 Å². The van der Waals surface area contributed by atoms with Gasteiger partial charge in [-0.25, -0.2) is 22.0 Å². The fraction of sp³-hybridized carbons (Fsp3) is 0.409. The van der Waals surface area contributed by atoms with E-state index in [2.05, 4.69) is 5.32 Å². The highest BCUT2D eigenvalue weighted by molar-refractivity contribution is 7.89. The van der Waals surface area contributed by atoms with Crippen molar-refractivity contribution in [2.45, 2.75) is 42.4 Å². The molecule has 0 radical (unpaired) electrons. The monoisotopic (exact) mass is 495 g/mol. The molecule has 0 unspecified atom stereocenters. The number of methoxy groups -OCH3 is 1. The first-order valence-corrected chi connectivity index (χ1v) is 13.5. The predicted octanol–water partition coefficient (Wildman–Crippen LogP) is 2.51. The number of nitrogens with one attached hydrogen (secondary N) is 1. The van der Waals surface area contributed by atoms with E-state index in [-0.39, 0.29) is 40.6 Å². The summed E-state index contributed by atoms with van der Waals surface area (Å²) in [5.41, 5.74) is 1.34. The minimum absolute atomic E-state index is 0.0454. The Kier molecular flexibility index (Phi) is 7.47. The van der Waals surface area contributed by atoms with Gasteiger partial charge in [0.1, 0.15) is 10.6 Å². The largest absolute Gasteiger partial charge is 0.495 e. The van der Waals surface area contributed by atoms with Crippen molar-refractivity contribution < 1.29 is 26.4 Å². The van der Waals surface area contributed by atoms with E-state index in [1.165, 1.54) is 35.7 Å². The fourth-order valence-electron chi connectivity index (χ4n) is 3.72. The van der Waals surface area contributed by atoms with E-state index in [1.54, 1.807) is 12.1 Å². The molecule has 9 nitrogen and oxygen atoms in total. The molecule has 3 N–H and O–H groups in total. The van der Waals surface area contributed by atoms with Crippen molar-refractivity contribution >= 4 is 31.6 Å². The third-order valence-corrected chi connectivity index (χ3v) is 8.60. The van der Waals surface area contributed by atoms with Crippen LogP contribution in [-0.4, -0.2) is 47.2 Å². The Hall–Kier alpha value is -2.47. The number of nitrogens with zero attached hydrogens (tertiary/aromatic N) is 1. The van der Waals surface area contributed by atoms with Gasteiger partial charge in [-0.1, -0.05) is 19.9 Å². The van der Waals surface area contributed by atoms with E-state index >= 15 is 0 Å². The number of nitrogens with two attached hydrogens (primary N) is 1. The Balaban J connectivity index is 1.68. The molecule has 2 aromatic rings. The summed E-state index contributed by atoms with van der Waals surface area (Å²) in [6.45, 7) is 4.40. The van der Waals surface area contributed by atoms with E-state index in [1.807, 2.05) is 19.9 Å². The Morgan fingerprint density at radius 3 is 2.18 bits per heavy atom. The van der Waals surface area contributed by atoms with Crippen LogP contribution in [0.1, 0.15) is 38.2 Å². The van der Waals surface area contributed by atoms with Gasteiger partial charge in [-0.2, -0.15) is 4.31 Å². The van der Waals surface area contributed by atoms with Crippen LogP contribution in [0.5, 0.6) is 5.75 Å². The summed E-state index contributed by atoms with van der Waals surface area (Å²) in [6.07, 6.45) is 0.735. The van der Waals surface area contributed by atoms with Crippen LogP contribution >= 0.6 is 0 Å². The molecular formula is C22H29N3O6S2. The normalized spacial score (nSPS) is 16.0. The number of benzene rings is 2. The Morgan fingerprint density at radius 2 is 1.67 bits per heavy atom. The molecule has 33 heavy (non-hydrogen) atoms. The molecule has 0 spiro atoms. The van der Waals surface area contributed by atoms with E-state index in [4.69, 9.17) is 9.88 Å². The maximum Gasteiger partial charge on any atom is 0.246 e. The molecule has 0 aliphatic carbocycles. The maximum absolute atomic E-state index is 13.3. The summed E-state index contributed by atoms with van der Waals surface area (Å²) in [5.74, 6) is -0.145. The Labute approximate surface area is 195 Å². The van der Waals surface area contributed by atoms with Crippen molar-refractivity contribution in [3.63, 3.8) is 0 Å². The first-order valence-electron chi connectivity index (χ1n) is 10.6. The molecule has 1 aliphatic rings. The molecule has 0 bridgehead atoms. The second kappa shape index (κ2) is 9.80. The first kappa shape index (κ1) is 25.2. The molecule has 0 atom stereocenters. The zero-order valence-corrected chi connectivity index (χ0v) is 20.4. The number of rotatable bonds is 7. The molecule has 180 valence electrons. The highest BCUT2D eigenvalue weighted by Crippen LogP contribution is 2.32. The number of ether oxygens (including phenoxy) is 1. The number of carbonyl (C=O) groups is 1. The lowest BCUT2D eigenvalue weighted by Crippen LogP contribution is -2.41. The molecule has 2 aromatic carbocycles. The van der Waals surface area contributed by atoms with Crippen LogP contribution in [0.3, 0.4) is 0 Å². The van der Waals surface area contributed by atoms with E-state index in [0.717, 1.165) is 5.56 Å². The summed E-state index contributed by atoms with van der Waals surface area (Å²) in [5, 5.41) is 7.83. The van der Waals surface area contributed by atoms with Crippen LogP contribution in [0, 0.1) is 5.92 Å². The van der Waals surface area contributed by atoms with E-state index in [9.17, 15) is 21.6 Å². The first-order chi connectivity index (χ1) is 15.4. The number of piperidine rings is 1. The molecule has 1 heterocycles. The van der Waals surface area contributed by atoms with Gasteiger partial charge in [0.2, 0.25) is 26.0 Å². The average molecular weight is 496 g/mol. The van der Waals surface area contributed by atoms with Gasteiger partial charge in [0.15, 0.2) is 0 Å². The van der Waals surface area contributed by atoms with Crippen molar-refractivity contribution in [3.05, 3.63) is 48.0 Å². The van der Waals surface area contributed by atoms with Crippen LogP contribution in [0.25, 0.3) is 0 Å². The lowest BCUT2D eigenvalue weighted by Gasteiger charge is -2.31. The number of sulfonamides is 2. The van der Waals surface area contributed by atoms with Crippen LogP contribution in [0.15, 0.2) is 52.3 Å². The fourth-order valence-corrected chi connectivity index (χ4v) is 5.90. The van der Waals surface area contributed by atoms with Gasteiger partial charge in [-0.05, 0) is 60.7 Å². The lowest BCUT2D eigenvalue weighted by molar-refractivity contribution is -0.120. The highest BCUT2D eigenvalue weighted by Gasteiger charge is 2.34. The number of amides is 1. The van der Waals surface area contributed by atoms with E-state index in [0.29, 0.717) is 24.3 Å². The van der Waals surface area contributed by atoms with Gasteiger partial charge >= 0.3 is 0 Å². The third-order valence-electron chi connectivity index (χ3n) is 5.75. The number of primary sulfonamides is 1. The molecule has 1 aliphatic heterocycles. The van der Waals surface area contributed by atoms with Gasteiger partial charge in [-0.3, -0.25) is 4.79 Å². The minimum atomic E-state index is -3.81. The van der Waals surface area contributed by atoms with Crippen LogP contribution < -0.4 is 15.2 Å². The van der Waals surface area contributed by atoms with Crippen LogP contribution in [-0.2, 0) is 24.8 Å². The Morgan fingerprint density at radius 1 is 1.06 bits per heavy atom. The SMILES string of the molecule is COc1ccc(C(C)C)cc1S(=O)(=O)N1CCC(C(=O)Nc2ccc(S(N)(=O)=O)cc2)CC1. The van der Waals surface area contributed by atoms with Gasteiger partial charge < -0.3 is 10.1 Å². The topological polar surface area (TPSA) is 136 Å². The van der Waals surface area contributed by atoms with Gasteiger partial charge in [0.25, 0.3) is 0 Å². The summed E-state index contributed by atoms with van der Waals surface area (Å²) < 4.78 is 56.0. The summed E-state index contributed by atoms with van der Waals surface area (Å²) in [4.78, 5) is 12.7. The molecule has 0 saturated carbocycles. The second-order valence-electron chi connectivity index (χ2n) is 8.30. The second-order valence-corrected chi connectivity index (χ2v) is 11.8. The highest BCUT2D eigenvalue weighted by atomic mass is 32.2. The van der Waals surface area contributed by atoms with Crippen molar-refractivity contribution in [2.24, 2.45) is 11.1 Å². The minimum Gasteiger partial charge on any atom is -0.495 e. The number of hydrogen-bond acceptors (Lipinski definition) is 6. The third kappa shape index (κ3) is 5.72. The van der Waals surface area contributed by atoms with Crippen molar-refractivity contribution in [2.75, 3.05) is 25.5 Å². The van der Waals surface area contributed by atoms with Crippen molar-refractivity contribution in [3.8, 4) is 5.75 Å². The smallest absolute Gasteiger partial charge is 0.246 e. The Bertz CT molecular complexity index is 1220. The molecule has 3 rings (SSSR count). The average Bonchev–Trinajstić information content (AvgIpc) is 2.78. The van der Waals surface area contributed by atoms with Crippen molar-refractivity contribution in [1.82, 2.24) is 4.31 Å². The lowest BCUT2D eigenvalue weighted by atomic mass is 9.97. The van der Waals surface area contributed by atoms with E-state index < -0.39 is 20.0 Å². The molecule has 1 saturated heterocycles. The zero-order valence-electron chi connectivity index (χ0n) is 18.8. The maximum atomic E-state index is 13.3. The zero-order chi connectivity index (χ0) is 24.4. The van der Waals surface area contributed by atoms with Crippen LogP contribution in [0.4, 0.5) is 5.69 Å². The molecule has 0 aromatic heterocycles. The standard InChI is InChI=1S/C22H29N3O6S2/c1-15(2)17-4-9-20(31-3)21(14-17)33(29,30)25-12-10-16(11-13-25)22(26)24-18-5-7-19(8-6-18)32(23,27)28/h4-9,14-16H,10-13H2,1-3H3,(H,24,26)(H2,23,27,28). The molecular weight excluding hydrogens is 466 g/mol. The summed E-state index contributed by atoms with van der Waals surface area (Å²) in [6, 6.07) is 10.7. The number of anilines is 1. The predicted molar refractivity (Wildman–Crippen MR) is 125 cm³/mol. The number of carbonyl (C=O) groups excluding carboxylic acids is 1. The van der Waals surface area contributed by atoms with Crippen molar-refractivity contribution in [1.29, 1.82) is 0 Å². The van der Waals surface area contributed by atoms with Gasteiger partial charge in [0.05, 0.1) is 12.0 Å². The number of hydrogen-bond donors (Lipinski definition) is 2. The van der Waals surface area contributed by atoms with Gasteiger partial charge in [0, 0.05) is 24.7 Å². The summed E-state index contributed by atoms with van der Waals surface area (Å²) in [7, 11) is -6.15.